The molecule has 0 spiro atoms. The van der Waals surface area contributed by atoms with Crippen LogP contribution in [-0.4, -0.2) is 12.2 Å². The number of hydrogen-bond donors (Lipinski definition) is 1. The minimum absolute atomic E-state index is 0.227. The van der Waals surface area contributed by atoms with E-state index in [0.29, 0.717) is 17.2 Å². The molecule has 0 aliphatic carbocycles. The fourth-order valence-electron chi connectivity index (χ4n) is 1.79. The van der Waals surface area contributed by atoms with Crippen LogP contribution in [0, 0.1) is 13.8 Å². The molecule has 0 amide bonds. The molecule has 0 radical (unpaired) electrons. The third-order valence-corrected chi connectivity index (χ3v) is 2.86. The Kier molecular flexibility index (Phi) is 3.42. The molecule has 0 atom stereocenters. The average Bonchev–Trinajstić information content (AvgIpc) is 2.39. The summed E-state index contributed by atoms with van der Waals surface area (Å²) >= 11 is 0. The van der Waals surface area contributed by atoms with Crippen LogP contribution in [0.15, 0.2) is 36.4 Å². The molecule has 0 unspecified atom stereocenters. The Morgan fingerprint density at radius 3 is 2.28 bits per heavy atom. The van der Waals surface area contributed by atoms with E-state index in [1.165, 1.54) is 0 Å². The molecule has 94 valence electrons. The molecule has 0 heterocycles. The molecule has 0 saturated carbocycles. The van der Waals surface area contributed by atoms with Gasteiger partial charge in [-0.25, -0.2) is 0 Å². The van der Waals surface area contributed by atoms with Crippen molar-refractivity contribution in [2.45, 2.75) is 13.8 Å². The second-order valence-corrected chi connectivity index (χ2v) is 4.11. The SMILES string of the molecule is COc1ccccc1Oc1c(C)ccc(O)c1C. The Bertz CT molecular complexity index is 562. The maximum absolute atomic E-state index is 9.72. The number of benzene rings is 2. The van der Waals surface area contributed by atoms with Gasteiger partial charge in [-0.05, 0) is 37.6 Å². The van der Waals surface area contributed by atoms with Gasteiger partial charge in [0.05, 0.1) is 7.11 Å². The molecule has 3 heteroatoms. The van der Waals surface area contributed by atoms with Crippen molar-refractivity contribution in [3.8, 4) is 23.0 Å². The minimum atomic E-state index is 0.227. The third-order valence-electron chi connectivity index (χ3n) is 2.86. The van der Waals surface area contributed by atoms with E-state index in [2.05, 4.69) is 0 Å². The highest BCUT2D eigenvalue weighted by Crippen LogP contribution is 2.37. The number of aryl methyl sites for hydroxylation is 1. The van der Waals surface area contributed by atoms with Crippen LogP contribution in [0.25, 0.3) is 0 Å². The summed E-state index contributed by atoms with van der Waals surface area (Å²) in [5.41, 5.74) is 1.69. The van der Waals surface area contributed by atoms with Crippen LogP contribution in [0.1, 0.15) is 11.1 Å². The monoisotopic (exact) mass is 244 g/mol. The van der Waals surface area contributed by atoms with Crippen molar-refractivity contribution in [3.05, 3.63) is 47.5 Å². The maximum atomic E-state index is 9.72. The van der Waals surface area contributed by atoms with Gasteiger partial charge in [-0.15, -0.1) is 0 Å². The summed E-state index contributed by atoms with van der Waals surface area (Å²) in [5, 5.41) is 9.72. The first-order chi connectivity index (χ1) is 8.63. The second kappa shape index (κ2) is 5.00. The summed E-state index contributed by atoms with van der Waals surface area (Å²) in [4.78, 5) is 0. The molecular weight excluding hydrogens is 228 g/mol. The van der Waals surface area contributed by atoms with E-state index in [-0.39, 0.29) is 5.75 Å². The van der Waals surface area contributed by atoms with Gasteiger partial charge < -0.3 is 14.6 Å². The van der Waals surface area contributed by atoms with Crippen molar-refractivity contribution in [1.29, 1.82) is 0 Å². The van der Waals surface area contributed by atoms with Crippen LogP contribution >= 0.6 is 0 Å². The third kappa shape index (κ3) is 2.25. The smallest absolute Gasteiger partial charge is 0.169 e. The molecule has 0 bridgehead atoms. The first kappa shape index (κ1) is 12.3. The predicted octanol–water partition coefficient (Wildman–Crippen LogP) is 3.81. The van der Waals surface area contributed by atoms with Crippen LogP contribution < -0.4 is 9.47 Å². The quantitative estimate of drug-likeness (QED) is 0.892. The van der Waals surface area contributed by atoms with Crippen molar-refractivity contribution in [2.24, 2.45) is 0 Å². The number of ether oxygens (including phenoxy) is 2. The number of phenolic OH excluding ortho intramolecular Hbond substituents is 1. The molecular formula is C15H16O3. The van der Waals surface area contributed by atoms with E-state index in [0.717, 1.165) is 11.1 Å². The highest BCUT2D eigenvalue weighted by atomic mass is 16.5. The van der Waals surface area contributed by atoms with E-state index < -0.39 is 0 Å². The summed E-state index contributed by atoms with van der Waals surface area (Å²) in [6.07, 6.45) is 0. The van der Waals surface area contributed by atoms with E-state index in [1.807, 2.05) is 44.2 Å². The van der Waals surface area contributed by atoms with Crippen LogP contribution in [0.5, 0.6) is 23.0 Å². The second-order valence-electron chi connectivity index (χ2n) is 4.11. The van der Waals surface area contributed by atoms with Crippen LogP contribution in [-0.2, 0) is 0 Å². The van der Waals surface area contributed by atoms with Gasteiger partial charge in [0.1, 0.15) is 11.5 Å². The molecule has 1 N–H and O–H groups in total. The van der Waals surface area contributed by atoms with Gasteiger partial charge in [0, 0.05) is 5.56 Å². The number of methoxy groups -OCH3 is 1. The fourth-order valence-corrected chi connectivity index (χ4v) is 1.79. The molecule has 0 aliphatic heterocycles. The van der Waals surface area contributed by atoms with Gasteiger partial charge in [0.15, 0.2) is 11.5 Å². The lowest BCUT2D eigenvalue weighted by atomic mass is 10.1. The molecule has 2 rings (SSSR count). The lowest BCUT2D eigenvalue weighted by Gasteiger charge is -2.14. The largest absolute Gasteiger partial charge is 0.508 e. The summed E-state index contributed by atoms with van der Waals surface area (Å²) in [5.74, 6) is 2.20. The molecule has 0 saturated heterocycles. The molecule has 2 aromatic rings. The Hall–Kier alpha value is -2.16. The Morgan fingerprint density at radius 2 is 1.61 bits per heavy atom. The minimum Gasteiger partial charge on any atom is -0.508 e. The number of aromatic hydroxyl groups is 1. The van der Waals surface area contributed by atoms with E-state index >= 15 is 0 Å². The molecule has 18 heavy (non-hydrogen) atoms. The number of rotatable bonds is 3. The van der Waals surface area contributed by atoms with Gasteiger partial charge in [-0.1, -0.05) is 18.2 Å². The highest BCUT2D eigenvalue weighted by molar-refractivity contribution is 5.51. The molecule has 0 fully saturated rings. The first-order valence-electron chi connectivity index (χ1n) is 5.73. The standard InChI is InChI=1S/C15H16O3/c1-10-8-9-12(16)11(2)15(10)18-14-7-5-4-6-13(14)17-3/h4-9,16H,1-3H3. The van der Waals surface area contributed by atoms with Gasteiger partial charge in [-0.3, -0.25) is 0 Å². The summed E-state index contributed by atoms with van der Waals surface area (Å²) in [7, 11) is 1.60. The van der Waals surface area contributed by atoms with Crippen molar-refractivity contribution in [1.82, 2.24) is 0 Å². The molecule has 0 aromatic heterocycles. The van der Waals surface area contributed by atoms with Crippen LogP contribution in [0.3, 0.4) is 0 Å². The normalized spacial score (nSPS) is 10.2. The molecule has 3 nitrogen and oxygen atoms in total. The summed E-state index contributed by atoms with van der Waals surface area (Å²) < 4.78 is 11.1. The van der Waals surface area contributed by atoms with Gasteiger partial charge in [-0.2, -0.15) is 0 Å². The summed E-state index contributed by atoms with van der Waals surface area (Å²) in [6.45, 7) is 3.77. The average molecular weight is 244 g/mol. The zero-order chi connectivity index (χ0) is 13.1. The van der Waals surface area contributed by atoms with Crippen molar-refractivity contribution >= 4 is 0 Å². The highest BCUT2D eigenvalue weighted by Gasteiger charge is 2.11. The van der Waals surface area contributed by atoms with E-state index in [1.54, 1.807) is 13.2 Å². The Morgan fingerprint density at radius 1 is 0.944 bits per heavy atom. The number of para-hydroxylation sites is 2. The van der Waals surface area contributed by atoms with Crippen LogP contribution in [0.2, 0.25) is 0 Å². The zero-order valence-electron chi connectivity index (χ0n) is 10.7. The predicted molar refractivity (Wildman–Crippen MR) is 70.6 cm³/mol. The van der Waals surface area contributed by atoms with Crippen molar-refractivity contribution in [2.75, 3.05) is 7.11 Å². The lowest BCUT2D eigenvalue weighted by molar-refractivity contribution is 0.375. The van der Waals surface area contributed by atoms with E-state index in [9.17, 15) is 5.11 Å². The Balaban J connectivity index is 2.43. The van der Waals surface area contributed by atoms with Crippen molar-refractivity contribution in [3.63, 3.8) is 0 Å². The lowest BCUT2D eigenvalue weighted by Crippen LogP contribution is -1.94. The summed E-state index contributed by atoms with van der Waals surface area (Å²) in [6, 6.07) is 10.9. The van der Waals surface area contributed by atoms with Gasteiger partial charge in [0.25, 0.3) is 0 Å². The van der Waals surface area contributed by atoms with Gasteiger partial charge >= 0.3 is 0 Å². The van der Waals surface area contributed by atoms with E-state index in [4.69, 9.17) is 9.47 Å². The maximum Gasteiger partial charge on any atom is 0.169 e. The topological polar surface area (TPSA) is 38.7 Å². The van der Waals surface area contributed by atoms with Gasteiger partial charge in [0.2, 0.25) is 0 Å². The first-order valence-corrected chi connectivity index (χ1v) is 5.73. The van der Waals surface area contributed by atoms with Crippen molar-refractivity contribution < 1.29 is 14.6 Å². The number of hydrogen-bond acceptors (Lipinski definition) is 3. The Labute approximate surface area is 107 Å². The fraction of sp³-hybridized carbons (Fsp3) is 0.200. The molecule has 0 aliphatic rings. The molecule has 2 aromatic carbocycles. The van der Waals surface area contributed by atoms with Crippen LogP contribution in [0.4, 0.5) is 0 Å². The number of phenols is 1. The zero-order valence-corrected chi connectivity index (χ0v) is 10.7.